The first-order valence-corrected chi connectivity index (χ1v) is 9.51. The monoisotopic (exact) mass is 484 g/mol. The van der Waals surface area contributed by atoms with Crippen molar-refractivity contribution < 1.29 is 0 Å². The zero-order chi connectivity index (χ0) is 17.9. The lowest BCUT2D eigenvalue weighted by atomic mass is 10.1. The van der Waals surface area contributed by atoms with Crippen molar-refractivity contribution in [3.63, 3.8) is 0 Å². The second kappa shape index (κ2) is 13.0. The molecule has 2 aromatic rings. The Morgan fingerprint density at radius 1 is 0.962 bits per heavy atom. The summed E-state index contributed by atoms with van der Waals surface area (Å²) >= 11 is 1.85. The van der Waals surface area contributed by atoms with Gasteiger partial charge in [-0.25, -0.2) is 0 Å². The smallest absolute Gasteiger partial charge is 0.191 e. The van der Waals surface area contributed by atoms with E-state index in [1.54, 1.807) is 0 Å². The van der Waals surface area contributed by atoms with Crippen LogP contribution in [-0.4, -0.2) is 44.3 Å². The molecule has 0 atom stereocenters. The van der Waals surface area contributed by atoms with Crippen molar-refractivity contribution in [3.8, 4) is 0 Å². The average Bonchev–Trinajstić information content (AvgIpc) is 2.62. The molecule has 0 aliphatic carbocycles. The number of nitrogens with one attached hydrogen (secondary N) is 2. The minimum Gasteiger partial charge on any atom is -0.356 e. The molecule has 2 rings (SSSR count). The Bertz CT molecular complexity index is 662. The molecular weight excluding hydrogens is 455 g/mol. The number of hydrogen-bond acceptors (Lipinski definition) is 3. The van der Waals surface area contributed by atoms with E-state index >= 15 is 0 Å². The van der Waals surface area contributed by atoms with Crippen LogP contribution in [0.25, 0.3) is 0 Å². The summed E-state index contributed by atoms with van der Waals surface area (Å²) in [6, 6.07) is 19.0. The molecule has 0 spiro atoms. The molecule has 0 heterocycles. The predicted molar refractivity (Wildman–Crippen MR) is 125 cm³/mol. The van der Waals surface area contributed by atoms with E-state index in [4.69, 9.17) is 0 Å². The van der Waals surface area contributed by atoms with E-state index in [-0.39, 0.29) is 24.0 Å². The molecule has 0 fully saturated rings. The standard InChI is InChI=1S/C20H28N4S.HI/c1-21-20(22-13-14-25-19-11-5-4-6-12-19)23-15-17-9-7-8-10-18(17)16-24(2)3;/h4-12H,13-16H2,1-3H3,(H2,21,22,23);1H. The van der Waals surface area contributed by atoms with Crippen molar-refractivity contribution in [3.05, 3.63) is 65.7 Å². The SMILES string of the molecule is CN=C(NCCSc1ccccc1)NCc1ccccc1CN(C)C.I. The van der Waals surface area contributed by atoms with Crippen LogP contribution in [0.2, 0.25) is 0 Å². The van der Waals surface area contributed by atoms with Crippen LogP contribution >= 0.6 is 35.7 Å². The summed E-state index contributed by atoms with van der Waals surface area (Å²) < 4.78 is 0. The molecule has 0 radical (unpaired) electrons. The van der Waals surface area contributed by atoms with Crippen LogP contribution in [0.5, 0.6) is 0 Å². The van der Waals surface area contributed by atoms with Crippen LogP contribution in [0.4, 0.5) is 0 Å². The highest BCUT2D eigenvalue weighted by Gasteiger charge is 2.04. The van der Waals surface area contributed by atoms with E-state index in [0.717, 1.165) is 31.3 Å². The van der Waals surface area contributed by atoms with Crippen molar-refractivity contribution in [2.75, 3.05) is 33.4 Å². The predicted octanol–water partition coefficient (Wildman–Crippen LogP) is 3.82. The van der Waals surface area contributed by atoms with Gasteiger partial charge in [-0.3, -0.25) is 4.99 Å². The lowest BCUT2D eigenvalue weighted by Gasteiger charge is -2.16. The van der Waals surface area contributed by atoms with E-state index < -0.39 is 0 Å². The van der Waals surface area contributed by atoms with Crippen LogP contribution in [0.15, 0.2) is 64.5 Å². The topological polar surface area (TPSA) is 39.7 Å². The van der Waals surface area contributed by atoms with Crippen LogP contribution in [0.1, 0.15) is 11.1 Å². The van der Waals surface area contributed by atoms with Crippen molar-refractivity contribution in [1.82, 2.24) is 15.5 Å². The van der Waals surface area contributed by atoms with Gasteiger partial charge in [0.2, 0.25) is 0 Å². The van der Waals surface area contributed by atoms with E-state index in [9.17, 15) is 0 Å². The van der Waals surface area contributed by atoms with E-state index in [2.05, 4.69) is 83.2 Å². The number of benzene rings is 2. The molecule has 4 nitrogen and oxygen atoms in total. The third-order valence-electron chi connectivity index (χ3n) is 3.68. The fraction of sp³-hybridized carbons (Fsp3) is 0.350. The number of rotatable bonds is 8. The van der Waals surface area contributed by atoms with Gasteiger partial charge in [-0.05, 0) is 37.4 Å². The molecule has 0 saturated heterocycles. The second-order valence-corrected chi connectivity index (χ2v) is 7.19. The van der Waals surface area contributed by atoms with Gasteiger partial charge in [0.15, 0.2) is 5.96 Å². The summed E-state index contributed by atoms with van der Waals surface area (Å²) in [6.45, 7) is 2.59. The van der Waals surface area contributed by atoms with Gasteiger partial charge in [0.1, 0.15) is 0 Å². The maximum Gasteiger partial charge on any atom is 0.191 e. The highest BCUT2D eigenvalue weighted by Crippen LogP contribution is 2.15. The third-order valence-corrected chi connectivity index (χ3v) is 4.70. The molecule has 0 unspecified atom stereocenters. The number of halogens is 1. The molecule has 0 aliphatic rings. The van der Waals surface area contributed by atoms with Crippen molar-refractivity contribution in [2.45, 2.75) is 18.0 Å². The summed E-state index contributed by atoms with van der Waals surface area (Å²) in [5.74, 6) is 1.84. The van der Waals surface area contributed by atoms with Crippen molar-refractivity contribution >= 4 is 41.7 Å². The Hall–Kier alpha value is -1.25. The molecule has 2 aromatic carbocycles. The van der Waals surface area contributed by atoms with Gasteiger partial charge in [0.25, 0.3) is 0 Å². The zero-order valence-corrected chi connectivity index (χ0v) is 18.9. The Labute approximate surface area is 178 Å². The van der Waals surface area contributed by atoms with Gasteiger partial charge in [-0.2, -0.15) is 0 Å². The van der Waals surface area contributed by atoms with E-state index in [1.165, 1.54) is 16.0 Å². The lowest BCUT2D eigenvalue weighted by molar-refractivity contribution is 0.400. The quantitative estimate of drug-likeness (QED) is 0.197. The normalized spacial score (nSPS) is 11.2. The second-order valence-electron chi connectivity index (χ2n) is 6.02. The lowest BCUT2D eigenvalue weighted by Crippen LogP contribution is -2.38. The molecule has 26 heavy (non-hydrogen) atoms. The molecule has 0 saturated carbocycles. The number of aliphatic imine (C=N–C) groups is 1. The van der Waals surface area contributed by atoms with Crippen molar-refractivity contribution in [2.24, 2.45) is 4.99 Å². The maximum absolute atomic E-state index is 4.31. The van der Waals surface area contributed by atoms with Gasteiger partial charge in [-0.1, -0.05) is 42.5 Å². The minimum atomic E-state index is 0. The Morgan fingerprint density at radius 3 is 2.27 bits per heavy atom. The summed E-state index contributed by atoms with van der Waals surface area (Å²) in [5, 5.41) is 6.79. The molecule has 0 aliphatic heterocycles. The molecule has 0 bridgehead atoms. The fourth-order valence-corrected chi connectivity index (χ4v) is 3.27. The number of hydrogen-bond donors (Lipinski definition) is 2. The summed E-state index contributed by atoms with van der Waals surface area (Å²) in [5.41, 5.74) is 2.65. The molecular formula is C20H29IN4S. The molecule has 0 amide bonds. The summed E-state index contributed by atoms with van der Waals surface area (Å²) in [7, 11) is 6.00. The number of nitrogens with zero attached hydrogens (tertiary/aromatic N) is 2. The summed E-state index contributed by atoms with van der Waals surface area (Å²) in [4.78, 5) is 7.80. The Morgan fingerprint density at radius 2 is 1.62 bits per heavy atom. The Balaban J connectivity index is 0.00000338. The minimum absolute atomic E-state index is 0. The van der Waals surface area contributed by atoms with E-state index in [1.807, 2.05) is 24.9 Å². The number of guanidine groups is 1. The first-order valence-electron chi connectivity index (χ1n) is 8.53. The summed E-state index contributed by atoms with van der Waals surface area (Å²) in [6.07, 6.45) is 0. The van der Waals surface area contributed by atoms with Gasteiger partial charge >= 0.3 is 0 Å². The van der Waals surface area contributed by atoms with Crippen LogP contribution in [-0.2, 0) is 13.1 Å². The maximum atomic E-state index is 4.31. The average molecular weight is 484 g/mol. The highest BCUT2D eigenvalue weighted by atomic mass is 127. The van der Waals surface area contributed by atoms with E-state index in [0.29, 0.717) is 0 Å². The van der Waals surface area contributed by atoms with Gasteiger partial charge in [0, 0.05) is 37.3 Å². The largest absolute Gasteiger partial charge is 0.356 e. The number of thioether (sulfide) groups is 1. The molecule has 0 aromatic heterocycles. The van der Waals surface area contributed by atoms with Crippen LogP contribution < -0.4 is 10.6 Å². The molecule has 6 heteroatoms. The van der Waals surface area contributed by atoms with Gasteiger partial charge < -0.3 is 15.5 Å². The van der Waals surface area contributed by atoms with Crippen molar-refractivity contribution in [1.29, 1.82) is 0 Å². The first-order chi connectivity index (χ1) is 12.2. The van der Waals surface area contributed by atoms with Gasteiger partial charge in [0.05, 0.1) is 0 Å². The first kappa shape index (κ1) is 22.8. The fourth-order valence-electron chi connectivity index (χ4n) is 2.48. The van der Waals surface area contributed by atoms with Crippen LogP contribution in [0, 0.1) is 0 Å². The molecule has 2 N–H and O–H groups in total. The zero-order valence-electron chi connectivity index (χ0n) is 15.7. The third kappa shape index (κ3) is 8.42. The highest BCUT2D eigenvalue weighted by molar-refractivity contribution is 14.0. The molecule has 142 valence electrons. The van der Waals surface area contributed by atoms with Gasteiger partial charge in [-0.15, -0.1) is 35.7 Å². The Kier molecular flexibility index (Phi) is 11.4. The van der Waals surface area contributed by atoms with Crippen LogP contribution in [0.3, 0.4) is 0 Å².